The molecule has 1 fully saturated rings. The van der Waals surface area contributed by atoms with E-state index in [2.05, 4.69) is 19.2 Å². The molecule has 0 saturated carbocycles. The summed E-state index contributed by atoms with van der Waals surface area (Å²) < 4.78 is 0. The Kier molecular flexibility index (Phi) is 2.18. The second kappa shape index (κ2) is 2.81. The fraction of sp³-hybridized carbons (Fsp3) is 0.875. The Bertz CT molecular complexity index is 165. The van der Waals surface area contributed by atoms with Gasteiger partial charge in [-0.1, -0.05) is 0 Å². The van der Waals surface area contributed by atoms with Crippen molar-refractivity contribution in [1.29, 1.82) is 0 Å². The highest BCUT2D eigenvalue weighted by atomic mass is 16.2. The molecule has 11 heavy (non-hydrogen) atoms. The molecule has 1 amide bonds. The SMILES string of the molecule is CCN1C(=O)CNCC1(C)C. The third-order valence-corrected chi connectivity index (χ3v) is 2.18. The molecule has 1 heterocycles. The van der Waals surface area contributed by atoms with Crippen molar-refractivity contribution in [3.05, 3.63) is 0 Å². The summed E-state index contributed by atoms with van der Waals surface area (Å²) in [4.78, 5) is 13.2. The number of carbonyl (C=O) groups is 1. The van der Waals surface area contributed by atoms with Gasteiger partial charge in [0.05, 0.1) is 6.54 Å². The second-order valence-electron chi connectivity index (χ2n) is 3.55. The van der Waals surface area contributed by atoms with Gasteiger partial charge in [-0.05, 0) is 20.8 Å². The smallest absolute Gasteiger partial charge is 0.237 e. The van der Waals surface area contributed by atoms with Gasteiger partial charge < -0.3 is 10.2 Å². The molecule has 1 rings (SSSR count). The lowest BCUT2D eigenvalue weighted by Gasteiger charge is -2.42. The maximum absolute atomic E-state index is 11.3. The van der Waals surface area contributed by atoms with Crippen LogP contribution in [0.25, 0.3) is 0 Å². The van der Waals surface area contributed by atoms with Crippen LogP contribution in [-0.4, -0.2) is 36.0 Å². The fourth-order valence-electron chi connectivity index (χ4n) is 1.61. The predicted molar refractivity (Wildman–Crippen MR) is 44.3 cm³/mol. The van der Waals surface area contributed by atoms with Crippen molar-refractivity contribution in [2.24, 2.45) is 0 Å². The molecular formula is C8H16N2O. The minimum absolute atomic E-state index is 0.00984. The average molecular weight is 156 g/mol. The minimum atomic E-state index is -0.00984. The third-order valence-electron chi connectivity index (χ3n) is 2.18. The van der Waals surface area contributed by atoms with Gasteiger partial charge in [-0.3, -0.25) is 4.79 Å². The van der Waals surface area contributed by atoms with Crippen LogP contribution in [0.15, 0.2) is 0 Å². The monoisotopic (exact) mass is 156 g/mol. The first-order valence-corrected chi connectivity index (χ1v) is 4.09. The zero-order valence-corrected chi connectivity index (χ0v) is 7.48. The van der Waals surface area contributed by atoms with E-state index in [1.807, 2.05) is 11.8 Å². The number of carbonyl (C=O) groups excluding carboxylic acids is 1. The summed E-state index contributed by atoms with van der Waals surface area (Å²) in [6.45, 7) is 8.39. The highest BCUT2D eigenvalue weighted by Gasteiger charge is 2.32. The van der Waals surface area contributed by atoms with Crippen molar-refractivity contribution in [3.8, 4) is 0 Å². The van der Waals surface area contributed by atoms with Gasteiger partial charge in [0.2, 0.25) is 5.91 Å². The van der Waals surface area contributed by atoms with Crippen LogP contribution in [0, 0.1) is 0 Å². The Balaban J connectivity index is 2.72. The van der Waals surface area contributed by atoms with Gasteiger partial charge in [-0.2, -0.15) is 0 Å². The summed E-state index contributed by atoms with van der Waals surface area (Å²) in [6.07, 6.45) is 0. The lowest BCUT2D eigenvalue weighted by atomic mass is 10.0. The molecule has 3 heteroatoms. The van der Waals surface area contributed by atoms with Crippen LogP contribution in [0.4, 0.5) is 0 Å². The van der Waals surface area contributed by atoms with Crippen molar-refractivity contribution >= 4 is 5.91 Å². The van der Waals surface area contributed by atoms with Crippen molar-refractivity contribution < 1.29 is 4.79 Å². The Morgan fingerprint density at radius 1 is 1.64 bits per heavy atom. The van der Waals surface area contributed by atoms with E-state index >= 15 is 0 Å². The first-order chi connectivity index (χ1) is 5.08. The van der Waals surface area contributed by atoms with E-state index in [1.165, 1.54) is 0 Å². The molecule has 0 spiro atoms. The Morgan fingerprint density at radius 3 is 2.64 bits per heavy atom. The van der Waals surface area contributed by atoms with Crippen molar-refractivity contribution in [2.75, 3.05) is 19.6 Å². The van der Waals surface area contributed by atoms with Crippen LogP contribution in [0.2, 0.25) is 0 Å². The summed E-state index contributed by atoms with van der Waals surface area (Å²) in [5.41, 5.74) is -0.00984. The van der Waals surface area contributed by atoms with Gasteiger partial charge >= 0.3 is 0 Å². The first kappa shape index (κ1) is 8.53. The summed E-state index contributed by atoms with van der Waals surface area (Å²) >= 11 is 0. The molecule has 64 valence electrons. The molecule has 1 N–H and O–H groups in total. The van der Waals surface area contributed by atoms with Crippen LogP contribution in [-0.2, 0) is 4.79 Å². The van der Waals surface area contributed by atoms with E-state index in [9.17, 15) is 4.79 Å². The Labute approximate surface area is 67.8 Å². The summed E-state index contributed by atoms with van der Waals surface area (Å²) in [5, 5.41) is 3.10. The number of nitrogens with one attached hydrogen (secondary N) is 1. The van der Waals surface area contributed by atoms with E-state index in [0.717, 1.165) is 13.1 Å². The summed E-state index contributed by atoms with van der Waals surface area (Å²) in [5.74, 6) is 0.212. The first-order valence-electron chi connectivity index (χ1n) is 4.09. The van der Waals surface area contributed by atoms with E-state index in [1.54, 1.807) is 0 Å². The highest BCUT2D eigenvalue weighted by molar-refractivity contribution is 5.79. The molecule has 0 aliphatic carbocycles. The van der Waals surface area contributed by atoms with E-state index in [-0.39, 0.29) is 11.4 Å². The molecule has 1 saturated heterocycles. The average Bonchev–Trinajstić information content (AvgIpc) is 1.86. The molecule has 1 aliphatic rings. The maximum atomic E-state index is 11.3. The number of likely N-dealkylation sites (N-methyl/N-ethyl adjacent to an activating group) is 1. The zero-order chi connectivity index (χ0) is 8.48. The number of amides is 1. The molecule has 0 atom stereocenters. The Morgan fingerprint density at radius 2 is 2.27 bits per heavy atom. The molecule has 0 aromatic carbocycles. The molecule has 0 aromatic rings. The molecule has 0 unspecified atom stereocenters. The normalized spacial score (nSPS) is 23.9. The molecular weight excluding hydrogens is 140 g/mol. The third kappa shape index (κ3) is 1.53. The number of nitrogens with zero attached hydrogens (tertiary/aromatic N) is 1. The van der Waals surface area contributed by atoms with Gasteiger partial charge in [-0.25, -0.2) is 0 Å². The Hall–Kier alpha value is -0.570. The van der Waals surface area contributed by atoms with Crippen molar-refractivity contribution in [3.63, 3.8) is 0 Å². The maximum Gasteiger partial charge on any atom is 0.237 e. The largest absolute Gasteiger partial charge is 0.335 e. The quantitative estimate of drug-likeness (QED) is 0.589. The van der Waals surface area contributed by atoms with Crippen LogP contribution in [0.3, 0.4) is 0 Å². The van der Waals surface area contributed by atoms with Crippen molar-refractivity contribution in [2.45, 2.75) is 26.3 Å². The topological polar surface area (TPSA) is 32.3 Å². The number of hydrogen-bond acceptors (Lipinski definition) is 2. The van der Waals surface area contributed by atoms with E-state index in [4.69, 9.17) is 0 Å². The molecule has 0 aromatic heterocycles. The predicted octanol–water partition coefficient (Wildman–Crippen LogP) is 0.217. The summed E-state index contributed by atoms with van der Waals surface area (Å²) in [7, 11) is 0. The van der Waals surface area contributed by atoms with Gasteiger partial charge in [0.25, 0.3) is 0 Å². The lowest BCUT2D eigenvalue weighted by Crippen LogP contribution is -2.60. The van der Waals surface area contributed by atoms with E-state index in [0.29, 0.717) is 6.54 Å². The van der Waals surface area contributed by atoms with Crippen LogP contribution < -0.4 is 5.32 Å². The molecule has 3 nitrogen and oxygen atoms in total. The van der Waals surface area contributed by atoms with Crippen LogP contribution >= 0.6 is 0 Å². The lowest BCUT2D eigenvalue weighted by molar-refractivity contribution is -0.138. The zero-order valence-electron chi connectivity index (χ0n) is 7.48. The van der Waals surface area contributed by atoms with Crippen LogP contribution in [0.1, 0.15) is 20.8 Å². The van der Waals surface area contributed by atoms with Gasteiger partial charge in [0.1, 0.15) is 0 Å². The second-order valence-corrected chi connectivity index (χ2v) is 3.55. The van der Waals surface area contributed by atoms with Gasteiger partial charge in [0.15, 0.2) is 0 Å². The standard InChI is InChI=1S/C8H16N2O/c1-4-10-7(11)5-9-6-8(10,2)3/h9H,4-6H2,1-3H3. The minimum Gasteiger partial charge on any atom is -0.335 e. The van der Waals surface area contributed by atoms with Crippen LogP contribution in [0.5, 0.6) is 0 Å². The van der Waals surface area contributed by atoms with Crippen molar-refractivity contribution in [1.82, 2.24) is 10.2 Å². The molecule has 0 bridgehead atoms. The fourth-order valence-corrected chi connectivity index (χ4v) is 1.61. The summed E-state index contributed by atoms with van der Waals surface area (Å²) in [6, 6.07) is 0. The highest BCUT2D eigenvalue weighted by Crippen LogP contribution is 2.15. The van der Waals surface area contributed by atoms with E-state index < -0.39 is 0 Å². The van der Waals surface area contributed by atoms with Gasteiger partial charge in [0, 0.05) is 18.6 Å². The molecule has 1 aliphatic heterocycles. The van der Waals surface area contributed by atoms with Gasteiger partial charge in [-0.15, -0.1) is 0 Å². The number of rotatable bonds is 1. The number of piperazine rings is 1. The molecule has 0 radical (unpaired) electrons. The number of hydrogen-bond donors (Lipinski definition) is 1.